The molecule has 14 heavy (non-hydrogen) atoms. The zero-order chi connectivity index (χ0) is 10.8. The van der Waals surface area contributed by atoms with Crippen molar-refractivity contribution in [3.8, 4) is 0 Å². The lowest BCUT2D eigenvalue weighted by Crippen LogP contribution is -2.30. The van der Waals surface area contributed by atoms with Gasteiger partial charge >= 0.3 is 5.97 Å². The van der Waals surface area contributed by atoms with Crippen molar-refractivity contribution in [3.63, 3.8) is 0 Å². The van der Waals surface area contributed by atoms with Gasteiger partial charge in [-0.15, -0.1) is 0 Å². The van der Waals surface area contributed by atoms with Crippen LogP contribution in [0.5, 0.6) is 0 Å². The maximum Gasteiger partial charge on any atom is 0.313 e. The highest BCUT2D eigenvalue weighted by Crippen LogP contribution is 2.20. The Labute approximate surface area is 91.4 Å². The summed E-state index contributed by atoms with van der Waals surface area (Å²) in [7, 11) is 1.39. The van der Waals surface area contributed by atoms with Crippen LogP contribution in [0.2, 0.25) is 0 Å². The Hall–Kier alpha value is -0.840. The van der Waals surface area contributed by atoms with Crippen molar-refractivity contribution in [1.29, 1.82) is 0 Å². The van der Waals surface area contributed by atoms with Crippen LogP contribution in [0.3, 0.4) is 0 Å². The van der Waals surface area contributed by atoms with Crippen molar-refractivity contribution in [2.75, 3.05) is 7.11 Å². The first kappa shape index (κ1) is 11.2. The van der Waals surface area contributed by atoms with Gasteiger partial charge in [-0.1, -0.05) is 0 Å². The number of nitrogens with zero attached hydrogens (tertiary/aromatic N) is 2. The van der Waals surface area contributed by atoms with E-state index in [9.17, 15) is 4.79 Å². The molecule has 0 aliphatic rings. The molecule has 5 heteroatoms. The fraction of sp³-hybridized carbons (Fsp3) is 0.556. The maximum atomic E-state index is 11.4. The van der Waals surface area contributed by atoms with Crippen LogP contribution in [0.25, 0.3) is 0 Å². The monoisotopic (exact) mass is 260 g/mol. The largest absolute Gasteiger partial charge is 0.469 e. The van der Waals surface area contributed by atoms with Gasteiger partial charge in [0, 0.05) is 6.20 Å². The van der Waals surface area contributed by atoms with Gasteiger partial charge in [-0.05, 0) is 29.8 Å². The first-order valence-electron chi connectivity index (χ1n) is 4.22. The van der Waals surface area contributed by atoms with Crippen molar-refractivity contribution in [2.24, 2.45) is 5.41 Å². The number of methoxy groups -OCH3 is 1. The standard InChI is InChI=1S/C9H13BrN2O2/c1-9(2,8(13)14-3)6-12-5-7(10)4-11-12/h4-5H,6H2,1-3H3. The predicted molar refractivity (Wildman–Crippen MR) is 55.7 cm³/mol. The summed E-state index contributed by atoms with van der Waals surface area (Å²) in [4.78, 5) is 11.4. The molecule has 0 spiro atoms. The van der Waals surface area contributed by atoms with E-state index in [4.69, 9.17) is 4.74 Å². The predicted octanol–water partition coefficient (Wildman–Crippen LogP) is 1.84. The van der Waals surface area contributed by atoms with Crippen LogP contribution in [0, 0.1) is 5.41 Å². The average Bonchev–Trinajstić information content (AvgIpc) is 2.48. The van der Waals surface area contributed by atoms with Crippen LogP contribution in [0.1, 0.15) is 13.8 Å². The molecule has 0 aliphatic carbocycles. The highest BCUT2D eigenvalue weighted by Gasteiger charge is 2.29. The third-order valence-corrected chi connectivity index (χ3v) is 2.31. The number of ether oxygens (including phenoxy) is 1. The smallest absolute Gasteiger partial charge is 0.313 e. The molecule has 0 aromatic carbocycles. The number of aromatic nitrogens is 2. The zero-order valence-electron chi connectivity index (χ0n) is 8.45. The third-order valence-electron chi connectivity index (χ3n) is 1.90. The molecule has 0 fully saturated rings. The van der Waals surface area contributed by atoms with Gasteiger partial charge in [-0.2, -0.15) is 5.10 Å². The number of hydrogen-bond acceptors (Lipinski definition) is 3. The molecule has 0 aliphatic heterocycles. The van der Waals surface area contributed by atoms with Gasteiger partial charge in [-0.25, -0.2) is 0 Å². The van der Waals surface area contributed by atoms with E-state index in [1.54, 1.807) is 10.9 Å². The molecular weight excluding hydrogens is 248 g/mol. The second-order valence-electron chi connectivity index (χ2n) is 3.73. The molecule has 0 N–H and O–H groups in total. The molecule has 4 nitrogen and oxygen atoms in total. The number of esters is 1. The summed E-state index contributed by atoms with van der Waals surface area (Å²) in [6.45, 7) is 4.16. The van der Waals surface area contributed by atoms with Crippen LogP contribution in [-0.2, 0) is 16.1 Å². The number of carbonyl (C=O) groups is 1. The summed E-state index contributed by atoms with van der Waals surface area (Å²) in [6.07, 6.45) is 3.51. The second-order valence-corrected chi connectivity index (χ2v) is 4.65. The molecule has 1 aromatic heterocycles. The fourth-order valence-corrected chi connectivity index (χ4v) is 1.50. The van der Waals surface area contributed by atoms with Crippen LogP contribution in [0.4, 0.5) is 0 Å². The van der Waals surface area contributed by atoms with Crippen molar-refractivity contribution in [3.05, 3.63) is 16.9 Å². The number of halogens is 1. The molecule has 1 rings (SSSR count). The van der Waals surface area contributed by atoms with Crippen molar-refractivity contribution in [1.82, 2.24) is 9.78 Å². The maximum absolute atomic E-state index is 11.4. The summed E-state index contributed by atoms with van der Waals surface area (Å²) in [5, 5.41) is 4.08. The van der Waals surface area contributed by atoms with Crippen molar-refractivity contribution in [2.45, 2.75) is 20.4 Å². The number of carbonyl (C=O) groups excluding carboxylic acids is 1. The molecule has 0 radical (unpaired) electrons. The molecule has 1 heterocycles. The summed E-state index contributed by atoms with van der Waals surface area (Å²) in [6, 6.07) is 0. The lowest BCUT2D eigenvalue weighted by Gasteiger charge is -2.20. The Kier molecular flexibility index (Phi) is 3.31. The van der Waals surface area contributed by atoms with Crippen LogP contribution in [0.15, 0.2) is 16.9 Å². The summed E-state index contributed by atoms with van der Waals surface area (Å²) >= 11 is 3.29. The van der Waals surface area contributed by atoms with E-state index >= 15 is 0 Å². The topological polar surface area (TPSA) is 44.1 Å². The molecular formula is C9H13BrN2O2. The van der Waals surface area contributed by atoms with Crippen LogP contribution in [-0.4, -0.2) is 22.9 Å². The molecule has 78 valence electrons. The Bertz CT molecular complexity index is 333. The lowest BCUT2D eigenvalue weighted by molar-refractivity contribution is -0.151. The normalized spacial score (nSPS) is 11.4. The van der Waals surface area contributed by atoms with E-state index in [1.807, 2.05) is 20.0 Å². The Morgan fingerprint density at radius 1 is 1.71 bits per heavy atom. The van der Waals surface area contributed by atoms with E-state index in [0.29, 0.717) is 6.54 Å². The van der Waals surface area contributed by atoms with Crippen LogP contribution < -0.4 is 0 Å². The minimum atomic E-state index is -0.555. The van der Waals surface area contributed by atoms with Gasteiger partial charge < -0.3 is 4.74 Å². The van der Waals surface area contributed by atoms with Crippen LogP contribution >= 0.6 is 15.9 Å². The van der Waals surface area contributed by atoms with Crippen molar-refractivity contribution >= 4 is 21.9 Å². The van der Waals surface area contributed by atoms with E-state index < -0.39 is 5.41 Å². The van der Waals surface area contributed by atoms with Gasteiger partial charge in [0.25, 0.3) is 0 Å². The number of rotatable bonds is 3. The summed E-state index contributed by atoms with van der Waals surface area (Å²) in [5.74, 6) is -0.232. The van der Waals surface area contributed by atoms with E-state index in [-0.39, 0.29) is 5.97 Å². The molecule has 0 saturated heterocycles. The van der Waals surface area contributed by atoms with E-state index in [1.165, 1.54) is 7.11 Å². The first-order valence-corrected chi connectivity index (χ1v) is 5.01. The van der Waals surface area contributed by atoms with Gasteiger partial charge in [0.05, 0.1) is 29.7 Å². The lowest BCUT2D eigenvalue weighted by atomic mass is 9.94. The SMILES string of the molecule is COC(=O)C(C)(C)Cn1cc(Br)cn1. The summed E-state index contributed by atoms with van der Waals surface area (Å²) < 4.78 is 7.31. The third kappa shape index (κ3) is 2.57. The molecule has 0 bridgehead atoms. The van der Waals surface area contributed by atoms with Gasteiger partial charge in [0.1, 0.15) is 0 Å². The Morgan fingerprint density at radius 2 is 2.36 bits per heavy atom. The summed E-state index contributed by atoms with van der Waals surface area (Å²) in [5.41, 5.74) is -0.555. The van der Waals surface area contributed by atoms with Gasteiger partial charge in [0.2, 0.25) is 0 Å². The highest BCUT2D eigenvalue weighted by atomic mass is 79.9. The van der Waals surface area contributed by atoms with Crippen molar-refractivity contribution < 1.29 is 9.53 Å². The van der Waals surface area contributed by atoms with E-state index in [2.05, 4.69) is 21.0 Å². The average molecular weight is 261 g/mol. The molecule has 0 amide bonds. The number of hydrogen-bond donors (Lipinski definition) is 0. The second kappa shape index (κ2) is 4.13. The Morgan fingerprint density at radius 3 is 2.79 bits per heavy atom. The molecule has 0 saturated carbocycles. The van der Waals surface area contributed by atoms with Gasteiger partial charge in [-0.3, -0.25) is 9.48 Å². The minimum Gasteiger partial charge on any atom is -0.469 e. The quantitative estimate of drug-likeness (QED) is 0.780. The zero-order valence-corrected chi connectivity index (χ0v) is 10.0. The Balaban J connectivity index is 2.72. The minimum absolute atomic E-state index is 0.232. The molecule has 0 unspecified atom stereocenters. The fourth-order valence-electron chi connectivity index (χ4n) is 1.17. The van der Waals surface area contributed by atoms with Gasteiger partial charge in [0.15, 0.2) is 0 Å². The highest BCUT2D eigenvalue weighted by molar-refractivity contribution is 9.10. The molecule has 0 atom stereocenters. The molecule has 1 aromatic rings. The van der Waals surface area contributed by atoms with E-state index in [0.717, 1.165) is 4.47 Å². The first-order chi connectivity index (χ1) is 6.45.